The van der Waals surface area contributed by atoms with Crippen molar-refractivity contribution in [2.45, 2.75) is 17.9 Å². The molecular formula is C15H17N3OS2. The van der Waals surface area contributed by atoms with E-state index in [0.29, 0.717) is 4.58 Å². The van der Waals surface area contributed by atoms with Gasteiger partial charge in [0.25, 0.3) is 0 Å². The molecule has 1 aliphatic heterocycles. The van der Waals surface area contributed by atoms with E-state index in [2.05, 4.69) is 41.3 Å². The molecule has 0 spiro atoms. The van der Waals surface area contributed by atoms with Gasteiger partial charge in [-0.25, -0.2) is 4.98 Å². The molecule has 4 nitrogen and oxygen atoms in total. The number of nitrogens with one attached hydrogen (secondary N) is 1. The number of benzene rings is 1. The zero-order valence-electron chi connectivity index (χ0n) is 11.7. The van der Waals surface area contributed by atoms with E-state index in [1.807, 2.05) is 6.07 Å². The molecule has 2 N–H and O–H groups in total. The second-order valence-electron chi connectivity index (χ2n) is 4.98. The van der Waals surface area contributed by atoms with Gasteiger partial charge >= 0.3 is 0 Å². The molecule has 0 bridgehead atoms. The minimum Gasteiger partial charge on any atom is -0.411 e. The second-order valence-corrected chi connectivity index (χ2v) is 7.46. The van der Waals surface area contributed by atoms with Crippen molar-refractivity contribution in [3.8, 4) is 0 Å². The van der Waals surface area contributed by atoms with E-state index >= 15 is 0 Å². The van der Waals surface area contributed by atoms with Gasteiger partial charge in [-0.05, 0) is 12.5 Å². The van der Waals surface area contributed by atoms with Gasteiger partial charge in [0.05, 0.1) is 16.0 Å². The molecule has 0 aliphatic carbocycles. The summed E-state index contributed by atoms with van der Waals surface area (Å²) in [5, 5.41) is 12.1. The van der Waals surface area contributed by atoms with Crippen molar-refractivity contribution in [1.82, 2.24) is 9.97 Å². The molecule has 1 aromatic carbocycles. The Labute approximate surface area is 132 Å². The molecule has 6 heteroatoms. The lowest BCUT2D eigenvalue weighted by molar-refractivity contribution is 0.318. The van der Waals surface area contributed by atoms with E-state index in [4.69, 9.17) is 10.2 Å². The van der Waals surface area contributed by atoms with Crippen molar-refractivity contribution in [3.05, 3.63) is 53.1 Å². The van der Waals surface area contributed by atoms with E-state index in [1.54, 1.807) is 23.5 Å². The summed E-state index contributed by atoms with van der Waals surface area (Å²) in [6, 6.07) is 10.4. The lowest BCUT2D eigenvalue weighted by atomic mass is 10.1. The number of aromatic nitrogens is 2. The van der Waals surface area contributed by atoms with Gasteiger partial charge in [-0.1, -0.05) is 35.5 Å². The Hall–Kier alpha value is -1.40. The maximum absolute atomic E-state index is 8.81. The molecule has 0 atom stereocenters. The predicted molar refractivity (Wildman–Crippen MR) is 89.5 cm³/mol. The zero-order valence-corrected chi connectivity index (χ0v) is 13.4. The van der Waals surface area contributed by atoms with E-state index < -0.39 is 0 Å². The Morgan fingerprint density at radius 1 is 1.29 bits per heavy atom. The van der Waals surface area contributed by atoms with Crippen LogP contribution >= 0.6 is 23.5 Å². The number of nitrogens with zero attached hydrogens (tertiary/aromatic N) is 2. The number of H-pyrrole nitrogens is 1. The van der Waals surface area contributed by atoms with Crippen LogP contribution in [-0.4, -0.2) is 32.4 Å². The van der Waals surface area contributed by atoms with Gasteiger partial charge in [-0.3, -0.25) is 0 Å². The number of aromatic amines is 1. The average Bonchev–Trinajstić information content (AvgIpc) is 2.89. The third-order valence-corrected chi connectivity index (χ3v) is 6.22. The van der Waals surface area contributed by atoms with E-state index in [9.17, 15) is 0 Å². The normalized spacial score (nSPS) is 18.7. The lowest BCUT2D eigenvalue weighted by Crippen LogP contribution is -2.14. The molecule has 1 aliphatic rings. The summed E-state index contributed by atoms with van der Waals surface area (Å²) in [5.74, 6) is 2.56. The summed E-state index contributed by atoms with van der Waals surface area (Å²) < 4.78 is 0.316. The van der Waals surface area contributed by atoms with E-state index in [-0.39, 0.29) is 0 Å². The molecule has 21 heavy (non-hydrogen) atoms. The SMILES string of the molecule is Cc1[nH]c(Cc2ccccc2)nc1C1SCC(=NO)CS1. The molecule has 0 saturated carbocycles. The molecule has 2 heterocycles. The molecule has 2 aromatic rings. The third-order valence-electron chi connectivity index (χ3n) is 3.35. The van der Waals surface area contributed by atoms with Crippen LogP contribution in [0.2, 0.25) is 0 Å². The van der Waals surface area contributed by atoms with Crippen molar-refractivity contribution in [2.75, 3.05) is 11.5 Å². The third kappa shape index (κ3) is 3.44. The molecule has 0 unspecified atom stereocenters. The van der Waals surface area contributed by atoms with Crippen LogP contribution < -0.4 is 0 Å². The van der Waals surface area contributed by atoms with Gasteiger partial charge in [0, 0.05) is 23.6 Å². The molecule has 1 aromatic heterocycles. The fourth-order valence-electron chi connectivity index (χ4n) is 2.29. The van der Waals surface area contributed by atoms with E-state index in [0.717, 1.165) is 40.9 Å². The Kier molecular flexibility index (Phi) is 4.55. The van der Waals surface area contributed by atoms with Crippen LogP contribution in [0.4, 0.5) is 0 Å². The van der Waals surface area contributed by atoms with Crippen LogP contribution in [0.3, 0.4) is 0 Å². The van der Waals surface area contributed by atoms with Crippen LogP contribution in [0.25, 0.3) is 0 Å². The summed E-state index contributed by atoms with van der Waals surface area (Å²) in [7, 11) is 0. The summed E-state index contributed by atoms with van der Waals surface area (Å²) in [5.41, 5.74) is 4.36. The van der Waals surface area contributed by atoms with Gasteiger partial charge in [-0.2, -0.15) is 0 Å². The summed E-state index contributed by atoms with van der Waals surface area (Å²) >= 11 is 3.54. The Morgan fingerprint density at radius 3 is 2.67 bits per heavy atom. The van der Waals surface area contributed by atoms with Crippen LogP contribution in [0.5, 0.6) is 0 Å². The highest BCUT2D eigenvalue weighted by Gasteiger charge is 2.24. The Balaban J connectivity index is 1.73. The Morgan fingerprint density at radius 2 is 2.00 bits per heavy atom. The molecular weight excluding hydrogens is 302 g/mol. The summed E-state index contributed by atoms with van der Waals surface area (Å²) in [6.07, 6.45) is 0.826. The minimum atomic E-state index is 0.316. The molecule has 1 saturated heterocycles. The lowest BCUT2D eigenvalue weighted by Gasteiger charge is -2.20. The first kappa shape index (κ1) is 14.5. The van der Waals surface area contributed by atoms with Gasteiger partial charge < -0.3 is 10.2 Å². The number of oxime groups is 1. The first-order valence-corrected chi connectivity index (χ1v) is 8.88. The van der Waals surface area contributed by atoms with Crippen molar-refractivity contribution < 1.29 is 5.21 Å². The van der Waals surface area contributed by atoms with Gasteiger partial charge in [0.15, 0.2) is 0 Å². The van der Waals surface area contributed by atoms with Crippen molar-refractivity contribution in [1.29, 1.82) is 0 Å². The van der Waals surface area contributed by atoms with Crippen LogP contribution in [0.15, 0.2) is 35.5 Å². The van der Waals surface area contributed by atoms with Gasteiger partial charge in [-0.15, -0.1) is 23.5 Å². The van der Waals surface area contributed by atoms with Crippen LogP contribution in [0.1, 0.15) is 27.4 Å². The monoisotopic (exact) mass is 319 g/mol. The Bertz CT molecular complexity index is 630. The fraction of sp³-hybridized carbons (Fsp3) is 0.333. The average molecular weight is 319 g/mol. The molecule has 0 radical (unpaired) electrons. The quantitative estimate of drug-likeness (QED) is 0.670. The number of hydrogen-bond donors (Lipinski definition) is 2. The van der Waals surface area contributed by atoms with Crippen molar-refractivity contribution >= 4 is 29.2 Å². The molecule has 3 rings (SSSR count). The first-order chi connectivity index (χ1) is 10.3. The highest BCUT2D eigenvalue weighted by molar-refractivity contribution is 8.18. The predicted octanol–water partition coefficient (Wildman–Crippen LogP) is 3.62. The van der Waals surface area contributed by atoms with Crippen molar-refractivity contribution in [3.63, 3.8) is 0 Å². The maximum Gasteiger partial charge on any atom is 0.111 e. The minimum absolute atomic E-state index is 0.316. The highest BCUT2D eigenvalue weighted by atomic mass is 32.2. The highest BCUT2D eigenvalue weighted by Crippen LogP contribution is 2.43. The molecule has 110 valence electrons. The number of rotatable bonds is 3. The topological polar surface area (TPSA) is 61.3 Å². The molecule has 0 amide bonds. The summed E-state index contributed by atoms with van der Waals surface area (Å²) in [4.78, 5) is 8.18. The van der Waals surface area contributed by atoms with Crippen LogP contribution in [0, 0.1) is 6.92 Å². The second kappa shape index (κ2) is 6.58. The number of aryl methyl sites for hydroxylation is 1. The number of imidazole rings is 1. The first-order valence-electron chi connectivity index (χ1n) is 6.78. The largest absolute Gasteiger partial charge is 0.411 e. The van der Waals surface area contributed by atoms with Gasteiger partial charge in [0.1, 0.15) is 5.82 Å². The summed E-state index contributed by atoms with van der Waals surface area (Å²) in [6.45, 7) is 2.08. The standard InChI is InChI=1S/C15H17N3OS2/c1-10-14(15-20-8-12(18-19)9-21-15)17-13(16-10)7-11-5-3-2-4-6-11/h2-6,15,19H,7-9H2,1H3,(H,16,17). The fourth-order valence-corrected chi connectivity index (χ4v) is 4.99. The van der Waals surface area contributed by atoms with Gasteiger partial charge in [0.2, 0.25) is 0 Å². The van der Waals surface area contributed by atoms with E-state index in [1.165, 1.54) is 5.56 Å². The number of thioether (sulfide) groups is 2. The smallest absolute Gasteiger partial charge is 0.111 e. The number of hydrogen-bond acceptors (Lipinski definition) is 5. The molecule has 1 fully saturated rings. The maximum atomic E-state index is 8.81. The van der Waals surface area contributed by atoms with Crippen LogP contribution in [-0.2, 0) is 6.42 Å². The van der Waals surface area contributed by atoms with Crippen molar-refractivity contribution in [2.24, 2.45) is 5.16 Å². The zero-order chi connectivity index (χ0) is 14.7.